The summed E-state index contributed by atoms with van der Waals surface area (Å²) in [6.07, 6.45) is 26.1. The van der Waals surface area contributed by atoms with E-state index in [1.54, 1.807) is 30.3 Å². The molecule has 1 heterocycles. The van der Waals surface area contributed by atoms with Crippen LogP contribution in [0.2, 0.25) is 0 Å². The smallest absolute Gasteiger partial charge is 0.232 e. The summed E-state index contributed by atoms with van der Waals surface area (Å²) in [4.78, 5) is 0. The summed E-state index contributed by atoms with van der Waals surface area (Å²) in [5, 5.41) is 3.31. The molecule has 0 fully saturated rings. The van der Waals surface area contributed by atoms with E-state index in [0.717, 1.165) is 26.1 Å². The molecule has 6 nitrogen and oxygen atoms in total. The number of rotatable bonds is 19. The third-order valence-electron chi connectivity index (χ3n) is 6.94. The Morgan fingerprint density at radius 3 is 2.03 bits per heavy atom. The van der Waals surface area contributed by atoms with Gasteiger partial charge in [-0.25, -0.2) is 8.42 Å². The Morgan fingerprint density at radius 1 is 0.973 bits per heavy atom. The lowest BCUT2D eigenvalue weighted by molar-refractivity contribution is -0.580. The van der Waals surface area contributed by atoms with E-state index in [9.17, 15) is 13.0 Å². The highest BCUT2D eigenvalue weighted by molar-refractivity contribution is 7.84. The van der Waals surface area contributed by atoms with E-state index in [2.05, 4.69) is 42.2 Å². The van der Waals surface area contributed by atoms with Crippen molar-refractivity contribution in [2.24, 2.45) is 5.73 Å². The second kappa shape index (κ2) is 20.3. The molecule has 0 aliphatic carbocycles. The van der Waals surface area contributed by atoms with E-state index in [1.165, 1.54) is 83.5 Å². The predicted octanol–water partition coefficient (Wildman–Crippen LogP) is 6.12. The first kappa shape index (κ1) is 33.3. The average Bonchev–Trinajstić information content (AvgIpc) is 3.41. The number of unbranched alkanes of at least 4 members (excludes halogenated alkanes) is 12. The van der Waals surface area contributed by atoms with Gasteiger partial charge in [0.2, 0.25) is 6.34 Å². The fourth-order valence-corrected chi connectivity index (χ4v) is 5.26. The molecule has 1 unspecified atom stereocenters. The largest absolute Gasteiger partial charge is 0.748 e. The highest BCUT2D eigenvalue weighted by atomic mass is 32.2. The van der Waals surface area contributed by atoms with Crippen LogP contribution < -0.4 is 11.1 Å². The SMILES string of the molecule is CCCCCCCCCCCCCCC=CC(C)(CCN)[N+]1=CNCC1.O=S(=O)([O-])Cc1ccccc1. The Balaban J connectivity index is 0.000000516. The van der Waals surface area contributed by atoms with E-state index >= 15 is 0 Å². The third kappa shape index (κ3) is 17.4. The summed E-state index contributed by atoms with van der Waals surface area (Å²) in [5.74, 6) is -0.423. The number of nitrogens with zero attached hydrogens (tertiary/aromatic N) is 1. The van der Waals surface area contributed by atoms with E-state index < -0.39 is 15.9 Å². The van der Waals surface area contributed by atoms with Gasteiger partial charge < -0.3 is 10.3 Å². The molecule has 3 N–H and O–H groups in total. The van der Waals surface area contributed by atoms with E-state index in [-0.39, 0.29) is 5.54 Å². The quantitative estimate of drug-likeness (QED) is 0.0963. The zero-order valence-electron chi connectivity index (χ0n) is 23.5. The van der Waals surface area contributed by atoms with Gasteiger partial charge in [-0.1, -0.05) is 114 Å². The zero-order chi connectivity index (χ0) is 27.2. The molecule has 0 radical (unpaired) electrons. The van der Waals surface area contributed by atoms with Gasteiger partial charge in [-0.05, 0) is 37.9 Å². The molecule has 0 aromatic heterocycles. The molecule has 2 rings (SSSR count). The van der Waals surface area contributed by atoms with Crippen LogP contribution in [0.15, 0.2) is 42.5 Å². The first-order valence-corrected chi connectivity index (χ1v) is 16.1. The van der Waals surface area contributed by atoms with Crippen LogP contribution in [0.1, 0.15) is 109 Å². The molecule has 1 aliphatic rings. The van der Waals surface area contributed by atoms with E-state index in [4.69, 9.17) is 5.73 Å². The summed E-state index contributed by atoms with van der Waals surface area (Å²) in [6.45, 7) is 7.47. The van der Waals surface area contributed by atoms with Gasteiger partial charge in [0.1, 0.15) is 18.6 Å². The first-order chi connectivity index (χ1) is 17.8. The van der Waals surface area contributed by atoms with Crippen molar-refractivity contribution in [3.05, 3.63) is 48.0 Å². The van der Waals surface area contributed by atoms with Gasteiger partial charge in [-0.15, -0.1) is 0 Å². The van der Waals surface area contributed by atoms with Crippen LogP contribution in [0.5, 0.6) is 0 Å². The molecule has 1 atom stereocenters. The molecular formula is C30H53N3O3S. The lowest BCUT2D eigenvalue weighted by atomic mass is 9.95. The van der Waals surface area contributed by atoms with Crippen LogP contribution in [0.4, 0.5) is 0 Å². The number of hydrogen-bond acceptors (Lipinski definition) is 5. The highest BCUT2D eigenvalue weighted by Crippen LogP contribution is 2.18. The van der Waals surface area contributed by atoms with Gasteiger partial charge in [0.15, 0.2) is 0 Å². The van der Waals surface area contributed by atoms with Gasteiger partial charge in [0.25, 0.3) is 0 Å². The first-order valence-electron chi connectivity index (χ1n) is 14.5. The van der Waals surface area contributed by atoms with Crippen molar-refractivity contribution in [1.29, 1.82) is 0 Å². The molecule has 1 aromatic carbocycles. The Hall–Kier alpha value is -1.70. The summed E-state index contributed by atoms with van der Waals surface area (Å²) in [5.41, 5.74) is 6.45. The van der Waals surface area contributed by atoms with Gasteiger partial charge in [-0.2, -0.15) is 0 Å². The van der Waals surface area contributed by atoms with Gasteiger partial charge in [-0.3, -0.25) is 9.89 Å². The fourth-order valence-electron chi connectivity index (χ4n) is 4.66. The summed E-state index contributed by atoms with van der Waals surface area (Å²) in [7, 11) is -4.13. The fraction of sp³-hybridized carbons (Fsp3) is 0.700. The van der Waals surface area contributed by atoms with Crippen LogP contribution >= 0.6 is 0 Å². The van der Waals surface area contributed by atoms with Gasteiger partial charge in [0.05, 0.1) is 15.9 Å². The highest BCUT2D eigenvalue weighted by Gasteiger charge is 2.30. The van der Waals surface area contributed by atoms with Crippen LogP contribution in [0.3, 0.4) is 0 Å². The Kier molecular flexibility index (Phi) is 18.3. The number of allylic oxidation sites excluding steroid dienone is 1. The van der Waals surface area contributed by atoms with E-state index in [0.29, 0.717) is 5.56 Å². The second-order valence-electron chi connectivity index (χ2n) is 10.4. The Bertz CT molecular complexity index is 856. The maximum absolute atomic E-state index is 10.2. The molecular weight excluding hydrogens is 482 g/mol. The standard InChI is InChI=1S/C23H45N3.C7H8O3S/c1-3-4-5-6-7-8-9-10-11-12-13-14-15-16-17-23(2,18-19-24)26-21-20-25-22-26;8-11(9,10)6-7-4-2-1-3-5-7/h16-17,22H,3-15,18-21,24H2,1-2H3;1-5H,6H2,(H,8,9,10). The molecule has 212 valence electrons. The minimum absolute atomic E-state index is 0.0787. The topological polar surface area (TPSA) is 98.3 Å². The predicted molar refractivity (Wildman–Crippen MR) is 156 cm³/mol. The molecule has 1 aromatic rings. The lowest BCUT2D eigenvalue weighted by Crippen LogP contribution is -2.39. The molecule has 7 heteroatoms. The maximum Gasteiger partial charge on any atom is 0.232 e. The monoisotopic (exact) mass is 535 g/mol. The average molecular weight is 536 g/mol. The van der Waals surface area contributed by atoms with Crippen molar-refractivity contribution >= 4 is 16.5 Å². The van der Waals surface area contributed by atoms with E-state index in [1.807, 2.05) is 0 Å². The minimum atomic E-state index is -4.13. The zero-order valence-corrected chi connectivity index (χ0v) is 24.3. The lowest BCUT2D eigenvalue weighted by Gasteiger charge is -2.24. The van der Waals surface area contributed by atoms with Crippen molar-refractivity contribution in [2.75, 3.05) is 19.6 Å². The van der Waals surface area contributed by atoms with Crippen molar-refractivity contribution < 1.29 is 17.5 Å². The van der Waals surface area contributed by atoms with Crippen molar-refractivity contribution in [3.63, 3.8) is 0 Å². The summed E-state index contributed by atoms with van der Waals surface area (Å²) in [6, 6.07) is 8.37. The van der Waals surface area contributed by atoms with Crippen molar-refractivity contribution in [1.82, 2.24) is 5.32 Å². The molecule has 37 heavy (non-hydrogen) atoms. The van der Waals surface area contributed by atoms with Crippen LogP contribution in [0.25, 0.3) is 0 Å². The molecule has 0 bridgehead atoms. The molecule has 1 aliphatic heterocycles. The van der Waals surface area contributed by atoms with Gasteiger partial charge in [0, 0.05) is 6.42 Å². The number of nitrogens with one attached hydrogen (secondary N) is 1. The van der Waals surface area contributed by atoms with Gasteiger partial charge >= 0.3 is 0 Å². The molecule has 0 saturated carbocycles. The summed E-state index contributed by atoms with van der Waals surface area (Å²) < 4.78 is 33.1. The van der Waals surface area contributed by atoms with Crippen molar-refractivity contribution in [2.45, 2.75) is 115 Å². The second-order valence-corrected chi connectivity index (χ2v) is 11.8. The summed E-state index contributed by atoms with van der Waals surface area (Å²) >= 11 is 0. The van der Waals surface area contributed by atoms with Crippen molar-refractivity contribution in [3.8, 4) is 0 Å². The normalized spacial score (nSPS) is 15.1. The number of hydrogen-bond donors (Lipinski definition) is 2. The number of benzene rings is 1. The Morgan fingerprint density at radius 2 is 1.54 bits per heavy atom. The number of nitrogens with two attached hydrogens (primary N) is 1. The van der Waals surface area contributed by atoms with Crippen LogP contribution in [-0.4, -0.2) is 49.1 Å². The van der Waals surface area contributed by atoms with Crippen LogP contribution in [0, 0.1) is 0 Å². The molecule has 0 saturated heterocycles. The molecule has 0 amide bonds. The van der Waals surface area contributed by atoms with Crippen LogP contribution in [-0.2, 0) is 15.9 Å². The Labute approximate surface area is 227 Å². The minimum Gasteiger partial charge on any atom is -0.748 e. The third-order valence-corrected chi connectivity index (χ3v) is 7.63. The maximum atomic E-state index is 10.2. The molecule has 0 spiro atoms.